The number of hydrogen-bond acceptors (Lipinski definition) is 4. The van der Waals surface area contributed by atoms with Crippen LogP contribution in [0.3, 0.4) is 0 Å². The third-order valence-corrected chi connectivity index (χ3v) is 3.03. The topological polar surface area (TPSA) is 67.8 Å². The van der Waals surface area contributed by atoms with Gasteiger partial charge in [-0.2, -0.15) is 0 Å². The first-order valence-electron chi connectivity index (χ1n) is 7.15. The van der Waals surface area contributed by atoms with E-state index in [1.54, 1.807) is 32.0 Å². The van der Waals surface area contributed by atoms with Crippen LogP contribution in [0.5, 0.6) is 11.5 Å². The lowest BCUT2D eigenvalue weighted by Gasteiger charge is -2.18. The van der Waals surface area contributed by atoms with Crippen LogP contribution < -0.4 is 14.8 Å². The zero-order valence-corrected chi connectivity index (χ0v) is 13.3. The van der Waals surface area contributed by atoms with Crippen molar-refractivity contribution in [1.29, 1.82) is 0 Å². The van der Waals surface area contributed by atoms with Gasteiger partial charge in [-0.25, -0.2) is 0 Å². The lowest BCUT2D eigenvalue weighted by atomic mass is 10.1. The monoisotopic (exact) mass is 295 g/mol. The van der Waals surface area contributed by atoms with Crippen molar-refractivity contribution in [2.24, 2.45) is 5.92 Å². The predicted molar refractivity (Wildman–Crippen MR) is 81.6 cm³/mol. The number of methoxy groups -OCH3 is 1. The second-order valence-electron chi connectivity index (χ2n) is 5.49. The number of aliphatic hydroxyl groups is 1. The van der Waals surface area contributed by atoms with Gasteiger partial charge in [0.05, 0.1) is 13.2 Å². The number of amides is 1. The summed E-state index contributed by atoms with van der Waals surface area (Å²) < 4.78 is 10.9. The highest BCUT2D eigenvalue weighted by Gasteiger charge is 2.17. The van der Waals surface area contributed by atoms with Crippen LogP contribution in [0, 0.1) is 5.92 Å². The van der Waals surface area contributed by atoms with Gasteiger partial charge in [-0.3, -0.25) is 4.79 Å². The van der Waals surface area contributed by atoms with E-state index in [1.165, 1.54) is 7.11 Å². The molecule has 0 spiro atoms. The molecule has 0 aliphatic rings. The Bertz CT molecular complexity index is 471. The number of aliphatic hydroxyl groups excluding tert-OH is 1. The van der Waals surface area contributed by atoms with Gasteiger partial charge in [0.15, 0.2) is 17.6 Å². The molecule has 0 saturated carbocycles. The van der Waals surface area contributed by atoms with Crippen LogP contribution in [-0.2, 0) is 4.79 Å². The molecule has 0 bridgehead atoms. The van der Waals surface area contributed by atoms with Crippen molar-refractivity contribution in [3.63, 3.8) is 0 Å². The zero-order chi connectivity index (χ0) is 16.0. The zero-order valence-electron chi connectivity index (χ0n) is 13.3. The van der Waals surface area contributed by atoms with Crippen molar-refractivity contribution in [3.8, 4) is 11.5 Å². The molecule has 21 heavy (non-hydrogen) atoms. The van der Waals surface area contributed by atoms with Crippen molar-refractivity contribution in [1.82, 2.24) is 5.32 Å². The van der Waals surface area contributed by atoms with E-state index in [0.29, 0.717) is 24.0 Å². The summed E-state index contributed by atoms with van der Waals surface area (Å²) in [4.78, 5) is 11.9. The maximum absolute atomic E-state index is 11.9. The number of ether oxygens (including phenoxy) is 2. The van der Waals surface area contributed by atoms with Gasteiger partial charge >= 0.3 is 0 Å². The molecule has 0 radical (unpaired) electrons. The molecule has 2 N–H and O–H groups in total. The highest BCUT2D eigenvalue weighted by atomic mass is 16.5. The second-order valence-corrected chi connectivity index (χ2v) is 5.49. The number of hydrogen-bond donors (Lipinski definition) is 2. The molecule has 0 aliphatic carbocycles. The molecule has 0 fully saturated rings. The molecule has 5 heteroatoms. The maximum Gasteiger partial charge on any atom is 0.260 e. The van der Waals surface area contributed by atoms with Crippen LogP contribution in [0.1, 0.15) is 39.4 Å². The van der Waals surface area contributed by atoms with Crippen LogP contribution in [0.2, 0.25) is 0 Å². The Morgan fingerprint density at radius 2 is 1.90 bits per heavy atom. The minimum Gasteiger partial charge on any atom is -0.493 e. The van der Waals surface area contributed by atoms with Crippen LogP contribution in [-0.4, -0.2) is 30.8 Å². The molecular weight excluding hydrogens is 270 g/mol. The summed E-state index contributed by atoms with van der Waals surface area (Å²) >= 11 is 0. The quantitative estimate of drug-likeness (QED) is 0.810. The van der Waals surface area contributed by atoms with E-state index in [-0.39, 0.29) is 5.91 Å². The van der Waals surface area contributed by atoms with Gasteiger partial charge in [0, 0.05) is 6.54 Å². The summed E-state index contributed by atoms with van der Waals surface area (Å²) in [6.45, 7) is 8.05. The number of benzene rings is 1. The minimum atomic E-state index is -0.616. The third kappa shape index (κ3) is 5.27. The molecular formula is C16H25NO4. The highest BCUT2D eigenvalue weighted by molar-refractivity contribution is 5.80. The molecule has 1 aromatic carbocycles. The van der Waals surface area contributed by atoms with E-state index in [9.17, 15) is 9.90 Å². The molecule has 2 unspecified atom stereocenters. The van der Waals surface area contributed by atoms with Crippen LogP contribution >= 0.6 is 0 Å². The predicted octanol–water partition coefficient (Wildman–Crippen LogP) is 2.29. The van der Waals surface area contributed by atoms with Crippen molar-refractivity contribution >= 4 is 5.91 Å². The molecule has 0 aromatic heterocycles. The normalized spacial score (nSPS) is 13.7. The standard InChI is InChI=1S/C16H25NO4/c1-10(2)9-17-16(19)12(4)21-14-7-6-13(11(3)18)8-15(14)20-5/h6-8,10-12,18H,9H2,1-5H3,(H,17,19). The van der Waals surface area contributed by atoms with Crippen LogP contribution in [0.4, 0.5) is 0 Å². The molecule has 2 atom stereocenters. The van der Waals surface area contributed by atoms with Gasteiger partial charge < -0.3 is 19.9 Å². The van der Waals surface area contributed by atoms with E-state index >= 15 is 0 Å². The molecule has 1 aromatic rings. The fraction of sp³-hybridized carbons (Fsp3) is 0.562. The Balaban J connectivity index is 2.75. The Hall–Kier alpha value is -1.75. The number of carbonyl (C=O) groups excluding carboxylic acids is 1. The van der Waals surface area contributed by atoms with E-state index in [0.717, 1.165) is 5.56 Å². The Kier molecular flexibility index (Phi) is 6.49. The largest absolute Gasteiger partial charge is 0.493 e. The molecule has 1 amide bonds. The van der Waals surface area contributed by atoms with Crippen molar-refractivity contribution in [3.05, 3.63) is 23.8 Å². The second kappa shape index (κ2) is 7.88. The Morgan fingerprint density at radius 1 is 1.24 bits per heavy atom. The summed E-state index contributed by atoms with van der Waals surface area (Å²) in [5.41, 5.74) is 0.733. The van der Waals surface area contributed by atoms with E-state index < -0.39 is 12.2 Å². The summed E-state index contributed by atoms with van der Waals surface area (Å²) in [6, 6.07) is 5.16. The van der Waals surface area contributed by atoms with Crippen LogP contribution in [0.15, 0.2) is 18.2 Å². The van der Waals surface area contributed by atoms with Gasteiger partial charge in [-0.05, 0) is 37.5 Å². The molecule has 0 heterocycles. The first-order valence-corrected chi connectivity index (χ1v) is 7.15. The smallest absolute Gasteiger partial charge is 0.260 e. The summed E-state index contributed by atoms with van der Waals surface area (Å²) in [6.07, 6.45) is -1.20. The minimum absolute atomic E-state index is 0.162. The molecule has 0 saturated heterocycles. The summed E-state index contributed by atoms with van der Waals surface area (Å²) in [5.74, 6) is 1.21. The highest BCUT2D eigenvalue weighted by Crippen LogP contribution is 2.31. The van der Waals surface area contributed by atoms with Gasteiger partial charge in [-0.1, -0.05) is 19.9 Å². The van der Waals surface area contributed by atoms with Gasteiger partial charge in [0.2, 0.25) is 0 Å². The molecule has 0 aliphatic heterocycles. The van der Waals surface area contributed by atoms with Crippen molar-refractivity contribution in [2.45, 2.75) is 39.9 Å². The SMILES string of the molecule is COc1cc(C(C)O)ccc1OC(C)C(=O)NCC(C)C. The molecule has 1 rings (SSSR count). The molecule has 118 valence electrons. The average Bonchev–Trinajstić information content (AvgIpc) is 2.44. The van der Waals surface area contributed by atoms with E-state index in [2.05, 4.69) is 5.32 Å². The first kappa shape index (κ1) is 17.3. The summed E-state index contributed by atoms with van der Waals surface area (Å²) in [5, 5.41) is 12.4. The van der Waals surface area contributed by atoms with Crippen molar-refractivity contribution in [2.75, 3.05) is 13.7 Å². The fourth-order valence-electron chi connectivity index (χ4n) is 1.73. The fourth-order valence-corrected chi connectivity index (χ4v) is 1.73. The summed E-state index contributed by atoms with van der Waals surface area (Å²) in [7, 11) is 1.53. The average molecular weight is 295 g/mol. The Labute approximate surface area is 126 Å². The van der Waals surface area contributed by atoms with Gasteiger partial charge in [0.25, 0.3) is 5.91 Å². The lowest BCUT2D eigenvalue weighted by molar-refractivity contribution is -0.127. The number of carbonyl (C=O) groups is 1. The van der Waals surface area contributed by atoms with E-state index in [4.69, 9.17) is 9.47 Å². The first-order chi connectivity index (χ1) is 9.85. The number of nitrogens with one attached hydrogen (secondary N) is 1. The third-order valence-electron chi connectivity index (χ3n) is 3.03. The van der Waals surface area contributed by atoms with Crippen LogP contribution in [0.25, 0.3) is 0 Å². The van der Waals surface area contributed by atoms with Gasteiger partial charge in [0.1, 0.15) is 0 Å². The van der Waals surface area contributed by atoms with E-state index in [1.807, 2.05) is 13.8 Å². The maximum atomic E-state index is 11.9. The van der Waals surface area contributed by atoms with Gasteiger partial charge in [-0.15, -0.1) is 0 Å². The Morgan fingerprint density at radius 3 is 2.43 bits per heavy atom. The lowest BCUT2D eigenvalue weighted by Crippen LogP contribution is -2.38. The van der Waals surface area contributed by atoms with Crippen molar-refractivity contribution < 1.29 is 19.4 Å². The number of rotatable bonds is 7. The molecule has 5 nitrogen and oxygen atoms in total.